The van der Waals surface area contributed by atoms with Crippen LogP contribution in [0.15, 0.2) is 24.3 Å². The van der Waals surface area contributed by atoms with Gasteiger partial charge in [-0.15, -0.1) is 0 Å². The molecule has 0 aromatic heterocycles. The predicted molar refractivity (Wildman–Crippen MR) is 79.0 cm³/mol. The Balaban J connectivity index is 0.000000286. The van der Waals surface area contributed by atoms with Crippen LogP contribution in [0.2, 0.25) is 0 Å². The van der Waals surface area contributed by atoms with Crippen molar-refractivity contribution >= 4 is 23.6 Å². The predicted octanol–water partition coefficient (Wildman–Crippen LogP) is 1.37. The maximum absolute atomic E-state index is 10.0. The first kappa shape index (κ1) is 18.8. The van der Waals surface area contributed by atoms with Crippen LogP contribution >= 0.6 is 0 Å². The summed E-state index contributed by atoms with van der Waals surface area (Å²) >= 11 is 0. The van der Waals surface area contributed by atoms with Crippen molar-refractivity contribution in [3.05, 3.63) is 24.3 Å². The van der Waals surface area contributed by atoms with Gasteiger partial charge >= 0.3 is 0 Å². The molecule has 0 saturated heterocycles. The van der Waals surface area contributed by atoms with Crippen LogP contribution in [-0.4, -0.2) is 23.6 Å². The normalized spacial score (nSPS) is 15.0. The molecule has 0 radical (unpaired) electrons. The Morgan fingerprint density at radius 3 is 1.05 bits per heavy atom. The van der Waals surface area contributed by atoms with E-state index in [0.717, 1.165) is 0 Å². The quantitative estimate of drug-likeness (QED) is 0.605. The summed E-state index contributed by atoms with van der Waals surface area (Å²) in [4.78, 5) is 40.1. The van der Waals surface area contributed by atoms with E-state index in [1.165, 1.54) is 56.4 Å². The minimum absolute atomic E-state index is 0.329. The molecule has 0 fully saturated rings. The van der Waals surface area contributed by atoms with E-state index in [1.54, 1.807) is 0 Å². The molecule has 0 aromatic rings. The van der Waals surface area contributed by atoms with E-state index >= 15 is 0 Å². The zero-order valence-corrected chi connectivity index (χ0v) is 12.5. The molecule has 0 bridgehead atoms. The number of rotatable bonds is 4. The first-order chi connectivity index (χ1) is 9.99. The van der Waals surface area contributed by atoms with Gasteiger partial charge < -0.3 is 0 Å². The minimum Gasteiger partial charge on any atom is -0.289 e. The highest BCUT2D eigenvalue weighted by Gasteiger charge is 2.07. The third-order valence-corrected chi connectivity index (χ3v) is 2.47. The topological polar surface area (TPSA) is 92.3 Å². The highest BCUT2D eigenvalue weighted by Crippen LogP contribution is 2.00. The van der Waals surface area contributed by atoms with Crippen molar-refractivity contribution in [2.75, 3.05) is 0 Å². The molecule has 6 heteroatoms. The van der Waals surface area contributed by atoms with Crippen molar-refractivity contribution in [2.24, 2.45) is 0 Å². The van der Waals surface area contributed by atoms with E-state index in [0.29, 0.717) is 0 Å². The highest BCUT2D eigenvalue weighted by atomic mass is 16.2. The Bertz CT molecular complexity index is 367. The number of imide groups is 2. The summed E-state index contributed by atoms with van der Waals surface area (Å²) in [6, 6.07) is 0. The van der Waals surface area contributed by atoms with Gasteiger partial charge in [0, 0.05) is 24.3 Å². The molecule has 0 spiro atoms. The van der Waals surface area contributed by atoms with Crippen molar-refractivity contribution < 1.29 is 19.2 Å². The van der Waals surface area contributed by atoms with Gasteiger partial charge in [0.2, 0.25) is 0 Å². The second-order valence-corrected chi connectivity index (χ2v) is 4.43. The molecular weight excluding hydrogens is 272 g/mol. The van der Waals surface area contributed by atoms with Gasteiger partial charge in [-0.2, -0.15) is 0 Å². The maximum Gasteiger partial charge on any atom is 0.250 e. The molecule has 0 saturated carbocycles. The van der Waals surface area contributed by atoms with Crippen LogP contribution in [0.3, 0.4) is 0 Å². The fourth-order valence-electron chi connectivity index (χ4n) is 1.39. The Hall–Kier alpha value is -2.24. The van der Waals surface area contributed by atoms with Gasteiger partial charge in [-0.1, -0.05) is 46.0 Å². The Labute approximate surface area is 124 Å². The summed E-state index contributed by atoms with van der Waals surface area (Å²) in [5.41, 5.74) is 0. The molecule has 116 valence electrons. The monoisotopic (exact) mass is 294 g/mol. The van der Waals surface area contributed by atoms with E-state index in [4.69, 9.17) is 0 Å². The van der Waals surface area contributed by atoms with Gasteiger partial charge in [-0.05, 0) is 0 Å². The average molecular weight is 294 g/mol. The molecule has 2 heterocycles. The number of nitrogens with one attached hydrogen (secondary N) is 2. The first-order valence-electron chi connectivity index (χ1n) is 7.05. The Morgan fingerprint density at radius 2 is 0.905 bits per heavy atom. The van der Waals surface area contributed by atoms with Crippen molar-refractivity contribution in [2.45, 2.75) is 46.0 Å². The van der Waals surface area contributed by atoms with E-state index in [2.05, 4.69) is 13.8 Å². The summed E-state index contributed by atoms with van der Waals surface area (Å²) in [6.07, 6.45) is 11.8. The largest absolute Gasteiger partial charge is 0.289 e. The van der Waals surface area contributed by atoms with Crippen LogP contribution < -0.4 is 10.6 Å². The molecule has 0 atom stereocenters. The Morgan fingerprint density at radius 1 is 0.619 bits per heavy atom. The molecule has 2 aliphatic rings. The second kappa shape index (κ2) is 11.6. The summed E-state index contributed by atoms with van der Waals surface area (Å²) in [5.74, 6) is -1.31. The lowest BCUT2D eigenvalue weighted by Gasteiger charge is -1.90. The van der Waals surface area contributed by atoms with Gasteiger partial charge in [0.05, 0.1) is 0 Å². The third-order valence-electron chi connectivity index (χ3n) is 2.47. The number of unbranched alkanes of at least 4 members (excludes halogenated alkanes) is 4. The SMILES string of the molecule is CCCCCCC.O=C1C=CC(=O)N1.O=C1C=CC(=O)N1. The van der Waals surface area contributed by atoms with E-state index < -0.39 is 0 Å². The van der Waals surface area contributed by atoms with Crippen molar-refractivity contribution in [3.63, 3.8) is 0 Å². The molecule has 21 heavy (non-hydrogen) atoms. The van der Waals surface area contributed by atoms with Crippen LogP contribution in [-0.2, 0) is 19.2 Å². The van der Waals surface area contributed by atoms with E-state index in [1.807, 2.05) is 10.6 Å². The fraction of sp³-hybridized carbons (Fsp3) is 0.467. The van der Waals surface area contributed by atoms with Gasteiger partial charge in [-0.3, -0.25) is 29.8 Å². The molecule has 2 aliphatic heterocycles. The molecule has 6 nitrogen and oxygen atoms in total. The van der Waals surface area contributed by atoms with E-state index in [9.17, 15) is 19.2 Å². The summed E-state index contributed by atoms with van der Waals surface area (Å²) < 4.78 is 0. The van der Waals surface area contributed by atoms with Gasteiger partial charge in [0.1, 0.15) is 0 Å². The molecule has 0 unspecified atom stereocenters. The number of hydrogen-bond acceptors (Lipinski definition) is 4. The van der Waals surface area contributed by atoms with Crippen LogP contribution in [0.5, 0.6) is 0 Å². The van der Waals surface area contributed by atoms with Crippen LogP contribution in [0.1, 0.15) is 46.0 Å². The summed E-state index contributed by atoms with van der Waals surface area (Å²) in [7, 11) is 0. The number of carbonyl (C=O) groups excluding carboxylic acids is 4. The number of amides is 4. The zero-order valence-electron chi connectivity index (χ0n) is 12.5. The first-order valence-corrected chi connectivity index (χ1v) is 7.05. The van der Waals surface area contributed by atoms with Gasteiger partial charge in [0.15, 0.2) is 0 Å². The average Bonchev–Trinajstić information content (AvgIpc) is 3.00. The summed E-state index contributed by atoms with van der Waals surface area (Å²) in [5, 5.41) is 4.06. The smallest absolute Gasteiger partial charge is 0.250 e. The van der Waals surface area contributed by atoms with Crippen LogP contribution in [0.4, 0.5) is 0 Å². The summed E-state index contributed by atoms with van der Waals surface area (Å²) in [6.45, 7) is 4.49. The third kappa shape index (κ3) is 11.3. The van der Waals surface area contributed by atoms with Gasteiger partial charge in [-0.25, -0.2) is 0 Å². The van der Waals surface area contributed by atoms with Crippen molar-refractivity contribution in [1.29, 1.82) is 0 Å². The molecular formula is C15H22N2O4. The molecule has 4 amide bonds. The lowest BCUT2D eigenvalue weighted by Crippen LogP contribution is -2.19. The van der Waals surface area contributed by atoms with Crippen molar-refractivity contribution in [3.8, 4) is 0 Å². The molecule has 0 aromatic carbocycles. The lowest BCUT2D eigenvalue weighted by atomic mass is 10.2. The molecule has 0 aliphatic carbocycles. The molecule has 2 rings (SSSR count). The minimum atomic E-state index is -0.329. The number of hydrogen-bond donors (Lipinski definition) is 2. The van der Waals surface area contributed by atoms with Crippen LogP contribution in [0, 0.1) is 0 Å². The standard InChI is InChI=1S/C7H16.2C4H3NO2/c1-3-5-7-6-4-2;2*6-3-1-2-4(7)5-3/h3-7H2,1-2H3;2*1-2H,(H,5,6,7). The number of carbonyl (C=O) groups is 4. The Kier molecular flexibility index (Phi) is 10.3. The van der Waals surface area contributed by atoms with Gasteiger partial charge in [0.25, 0.3) is 23.6 Å². The lowest BCUT2D eigenvalue weighted by molar-refractivity contribution is -0.125. The second-order valence-electron chi connectivity index (χ2n) is 4.43. The van der Waals surface area contributed by atoms with Crippen LogP contribution in [0.25, 0.3) is 0 Å². The molecule has 2 N–H and O–H groups in total. The maximum atomic E-state index is 10.0. The van der Waals surface area contributed by atoms with Crippen molar-refractivity contribution in [1.82, 2.24) is 10.6 Å². The highest BCUT2D eigenvalue weighted by molar-refractivity contribution is 6.13. The fourth-order valence-corrected chi connectivity index (χ4v) is 1.39. The zero-order chi connectivity index (χ0) is 16.1. The van der Waals surface area contributed by atoms with E-state index in [-0.39, 0.29) is 23.6 Å².